The molecule has 0 aliphatic heterocycles. The summed E-state index contributed by atoms with van der Waals surface area (Å²) in [5, 5.41) is 4.89. The molecule has 0 aliphatic carbocycles. The fraction of sp³-hybridized carbons (Fsp3) is 0.0625. The van der Waals surface area contributed by atoms with Crippen molar-refractivity contribution in [3.63, 3.8) is 0 Å². The van der Waals surface area contributed by atoms with Crippen molar-refractivity contribution in [2.24, 2.45) is 5.10 Å². The maximum Gasteiger partial charge on any atom is 0.144 e. The Bertz CT molecular complexity index is 594. The molecule has 0 atom stereocenters. The summed E-state index contributed by atoms with van der Waals surface area (Å²) in [4.78, 5) is 0. The van der Waals surface area contributed by atoms with E-state index in [-0.39, 0.29) is 0 Å². The Labute approximate surface area is 123 Å². The fourth-order valence-electron chi connectivity index (χ4n) is 1.56. The Morgan fingerprint density at radius 1 is 1.15 bits per heavy atom. The van der Waals surface area contributed by atoms with Crippen molar-refractivity contribution in [1.82, 2.24) is 0 Å². The number of nitrogens with zero attached hydrogens (tertiary/aromatic N) is 1. The third-order valence-electron chi connectivity index (χ3n) is 2.51. The number of benzene rings is 2. The summed E-state index contributed by atoms with van der Waals surface area (Å²) in [6.45, 7) is 4.09. The molecule has 3 nitrogen and oxygen atoms in total. The number of anilines is 1. The molecule has 0 radical (unpaired) electrons. The fourth-order valence-corrected chi connectivity index (χ4v) is 1.68. The molecule has 0 saturated carbocycles. The maximum atomic E-state index is 5.83. The van der Waals surface area contributed by atoms with Gasteiger partial charge in [0.1, 0.15) is 12.4 Å². The zero-order valence-electron chi connectivity index (χ0n) is 10.9. The molecule has 0 spiro atoms. The predicted molar refractivity (Wildman–Crippen MR) is 84.8 cm³/mol. The van der Waals surface area contributed by atoms with Crippen LogP contribution in [0.25, 0.3) is 0 Å². The molecule has 2 aromatic rings. The summed E-state index contributed by atoms with van der Waals surface area (Å²) in [6, 6.07) is 15.0. The summed E-state index contributed by atoms with van der Waals surface area (Å²) < 4.78 is 5.53. The third kappa shape index (κ3) is 4.14. The molecule has 0 amide bonds. The first kappa shape index (κ1) is 14.2. The molecule has 102 valence electrons. The van der Waals surface area contributed by atoms with Gasteiger partial charge in [-0.05, 0) is 29.8 Å². The highest BCUT2D eigenvalue weighted by Gasteiger charge is 1.99. The maximum absolute atomic E-state index is 5.83. The Hall–Kier alpha value is -2.26. The van der Waals surface area contributed by atoms with Gasteiger partial charge in [-0.3, -0.25) is 5.43 Å². The first-order valence-corrected chi connectivity index (χ1v) is 6.55. The van der Waals surface area contributed by atoms with E-state index in [0.717, 1.165) is 17.0 Å². The zero-order valence-corrected chi connectivity index (χ0v) is 11.7. The Balaban J connectivity index is 2.02. The number of nitrogens with one attached hydrogen (secondary N) is 1. The second-order valence-corrected chi connectivity index (χ2v) is 4.45. The van der Waals surface area contributed by atoms with Crippen molar-refractivity contribution in [3.05, 3.63) is 71.8 Å². The summed E-state index contributed by atoms with van der Waals surface area (Å²) >= 11 is 5.83. The summed E-state index contributed by atoms with van der Waals surface area (Å²) in [7, 11) is 0. The molecule has 0 heterocycles. The normalized spacial score (nSPS) is 10.4. The quantitative estimate of drug-likeness (QED) is 0.486. The molecule has 0 aliphatic rings. The van der Waals surface area contributed by atoms with Crippen LogP contribution in [-0.2, 0) is 0 Å². The van der Waals surface area contributed by atoms with Gasteiger partial charge in [-0.2, -0.15) is 5.10 Å². The van der Waals surface area contributed by atoms with Crippen LogP contribution < -0.4 is 10.2 Å². The molecular weight excluding hydrogens is 272 g/mol. The monoisotopic (exact) mass is 286 g/mol. The van der Waals surface area contributed by atoms with Crippen LogP contribution in [0.15, 0.2) is 66.3 Å². The van der Waals surface area contributed by atoms with Gasteiger partial charge in [-0.25, -0.2) is 0 Å². The van der Waals surface area contributed by atoms with Crippen molar-refractivity contribution in [2.75, 3.05) is 12.0 Å². The van der Waals surface area contributed by atoms with Gasteiger partial charge in [-0.1, -0.05) is 48.5 Å². The molecule has 1 N–H and O–H groups in total. The average Bonchev–Trinajstić information content (AvgIpc) is 2.48. The summed E-state index contributed by atoms with van der Waals surface area (Å²) in [5.74, 6) is 0.737. The van der Waals surface area contributed by atoms with Gasteiger partial charge in [0.15, 0.2) is 0 Å². The van der Waals surface area contributed by atoms with Gasteiger partial charge < -0.3 is 4.74 Å². The van der Waals surface area contributed by atoms with Crippen LogP contribution in [-0.4, -0.2) is 12.8 Å². The molecule has 0 fully saturated rings. The van der Waals surface area contributed by atoms with Gasteiger partial charge in [0.2, 0.25) is 0 Å². The SMILES string of the molecule is C=CCOc1ccccc1N/N=C\c1ccc(Cl)cc1. The lowest BCUT2D eigenvalue weighted by Crippen LogP contribution is -1.98. The van der Waals surface area contributed by atoms with Crippen LogP contribution in [0.4, 0.5) is 5.69 Å². The van der Waals surface area contributed by atoms with E-state index in [1.54, 1.807) is 12.3 Å². The largest absolute Gasteiger partial charge is 0.487 e. The van der Waals surface area contributed by atoms with Gasteiger partial charge >= 0.3 is 0 Å². The molecule has 0 saturated heterocycles. The number of hydrazone groups is 1. The molecule has 2 aromatic carbocycles. The van der Waals surface area contributed by atoms with E-state index in [1.165, 1.54) is 0 Å². The van der Waals surface area contributed by atoms with Gasteiger partial charge in [0, 0.05) is 5.02 Å². The van der Waals surface area contributed by atoms with Crippen LogP contribution >= 0.6 is 11.6 Å². The summed E-state index contributed by atoms with van der Waals surface area (Å²) in [6.07, 6.45) is 3.42. The van der Waals surface area contributed by atoms with Crippen LogP contribution in [0, 0.1) is 0 Å². The van der Waals surface area contributed by atoms with Gasteiger partial charge in [0.05, 0.1) is 11.9 Å². The van der Waals surface area contributed by atoms with Crippen molar-refractivity contribution < 1.29 is 4.74 Å². The van der Waals surface area contributed by atoms with E-state index in [1.807, 2.05) is 48.5 Å². The van der Waals surface area contributed by atoms with E-state index >= 15 is 0 Å². The van der Waals surface area contributed by atoms with Crippen molar-refractivity contribution in [1.29, 1.82) is 0 Å². The van der Waals surface area contributed by atoms with Crippen LogP contribution in [0.5, 0.6) is 5.75 Å². The second kappa shape index (κ2) is 7.36. The van der Waals surface area contributed by atoms with E-state index in [0.29, 0.717) is 11.6 Å². The smallest absolute Gasteiger partial charge is 0.144 e. The molecule has 0 bridgehead atoms. The lowest BCUT2D eigenvalue weighted by molar-refractivity contribution is 0.365. The van der Waals surface area contributed by atoms with Gasteiger partial charge in [-0.15, -0.1) is 0 Å². The number of hydrogen-bond donors (Lipinski definition) is 1. The highest BCUT2D eigenvalue weighted by atomic mass is 35.5. The van der Waals surface area contributed by atoms with Crippen molar-refractivity contribution in [2.45, 2.75) is 0 Å². The van der Waals surface area contributed by atoms with Crippen molar-refractivity contribution >= 4 is 23.5 Å². The molecule has 0 unspecified atom stereocenters. The summed E-state index contributed by atoms with van der Waals surface area (Å²) in [5.41, 5.74) is 4.73. The van der Waals surface area contributed by atoms with Crippen LogP contribution in [0.3, 0.4) is 0 Å². The standard InChI is InChI=1S/C16H15ClN2O/c1-2-11-20-16-6-4-3-5-15(16)19-18-12-13-7-9-14(17)10-8-13/h2-10,12,19H,1,11H2/b18-12-. The van der Waals surface area contributed by atoms with E-state index in [4.69, 9.17) is 16.3 Å². The number of halogens is 1. The molecule has 0 aromatic heterocycles. The Kier molecular flexibility index (Phi) is 5.21. The Morgan fingerprint density at radius 2 is 1.90 bits per heavy atom. The topological polar surface area (TPSA) is 33.6 Å². The molecular formula is C16H15ClN2O. The highest BCUT2D eigenvalue weighted by Crippen LogP contribution is 2.23. The molecule has 20 heavy (non-hydrogen) atoms. The Morgan fingerprint density at radius 3 is 2.65 bits per heavy atom. The van der Waals surface area contributed by atoms with E-state index in [9.17, 15) is 0 Å². The third-order valence-corrected chi connectivity index (χ3v) is 2.76. The van der Waals surface area contributed by atoms with Crippen molar-refractivity contribution in [3.8, 4) is 5.75 Å². The molecule has 4 heteroatoms. The highest BCUT2D eigenvalue weighted by molar-refractivity contribution is 6.30. The minimum atomic E-state index is 0.458. The van der Waals surface area contributed by atoms with Gasteiger partial charge in [0.25, 0.3) is 0 Å². The predicted octanol–water partition coefficient (Wildman–Crippen LogP) is 4.35. The number of hydrogen-bond acceptors (Lipinski definition) is 3. The molecule has 2 rings (SSSR count). The zero-order chi connectivity index (χ0) is 14.2. The average molecular weight is 287 g/mol. The first-order valence-electron chi connectivity index (χ1n) is 6.17. The van der Waals surface area contributed by atoms with Crippen LogP contribution in [0.1, 0.15) is 5.56 Å². The van der Waals surface area contributed by atoms with Crippen LogP contribution in [0.2, 0.25) is 5.02 Å². The lowest BCUT2D eigenvalue weighted by Gasteiger charge is -2.08. The first-order chi connectivity index (χ1) is 9.79. The van der Waals surface area contributed by atoms with E-state index < -0.39 is 0 Å². The second-order valence-electron chi connectivity index (χ2n) is 4.02. The number of para-hydroxylation sites is 2. The lowest BCUT2D eigenvalue weighted by atomic mass is 10.2. The number of rotatable bonds is 6. The van der Waals surface area contributed by atoms with E-state index in [2.05, 4.69) is 17.1 Å². The minimum Gasteiger partial charge on any atom is -0.487 e. The number of ether oxygens (including phenoxy) is 1. The minimum absolute atomic E-state index is 0.458.